The molecular formula is C19H28N6. The Morgan fingerprint density at radius 1 is 1.08 bits per heavy atom. The zero-order valence-electron chi connectivity index (χ0n) is 15.2. The number of hydrogen-bond donors (Lipinski definition) is 2. The van der Waals surface area contributed by atoms with E-state index in [1.165, 1.54) is 38.3 Å². The number of hydrogen-bond acceptors (Lipinski definition) is 6. The van der Waals surface area contributed by atoms with Gasteiger partial charge >= 0.3 is 0 Å². The summed E-state index contributed by atoms with van der Waals surface area (Å²) in [5.74, 6) is 1.42. The molecule has 2 heterocycles. The summed E-state index contributed by atoms with van der Waals surface area (Å²) in [5.41, 5.74) is 2.37. The molecule has 1 aliphatic heterocycles. The Labute approximate surface area is 150 Å². The molecule has 1 fully saturated rings. The van der Waals surface area contributed by atoms with Crippen molar-refractivity contribution in [3.63, 3.8) is 0 Å². The van der Waals surface area contributed by atoms with E-state index in [0.717, 1.165) is 24.5 Å². The molecule has 6 nitrogen and oxygen atoms in total. The number of benzene rings is 1. The molecule has 0 unspecified atom stereocenters. The van der Waals surface area contributed by atoms with Crippen molar-refractivity contribution >= 4 is 17.5 Å². The summed E-state index contributed by atoms with van der Waals surface area (Å²) in [6, 6.07) is 10.4. The van der Waals surface area contributed by atoms with Crippen molar-refractivity contribution in [2.75, 3.05) is 56.9 Å². The molecule has 2 N–H and O–H groups in total. The molecular weight excluding hydrogens is 312 g/mol. The van der Waals surface area contributed by atoms with Gasteiger partial charge in [0.05, 0.1) is 0 Å². The molecule has 3 rings (SSSR count). The normalized spacial score (nSPS) is 15.9. The highest BCUT2D eigenvalue weighted by Crippen LogP contribution is 2.16. The van der Waals surface area contributed by atoms with Gasteiger partial charge in [-0.25, -0.2) is 4.98 Å². The molecule has 25 heavy (non-hydrogen) atoms. The summed E-state index contributed by atoms with van der Waals surface area (Å²) in [6.07, 6.45) is 2.82. The highest BCUT2D eigenvalue weighted by molar-refractivity contribution is 5.55. The zero-order chi connectivity index (χ0) is 17.5. The lowest BCUT2D eigenvalue weighted by Gasteiger charge is -2.34. The maximum Gasteiger partial charge on any atom is 0.229 e. The fourth-order valence-electron chi connectivity index (χ4n) is 3.11. The number of likely N-dealkylation sites (N-methyl/N-ethyl adjacent to an activating group) is 1. The van der Waals surface area contributed by atoms with Gasteiger partial charge < -0.3 is 20.4 Å². The summed E-state index contributed by atoms with van der Waals surface area (Å²) in [7, 11) is 1.85. The standard InChI is InChI=1S/C19H28N6/c1-3-24-11-13-25(14-12-24)10-8-16-5-4-6-17(15-16)22-19-21-9-7-18(20-2)23-19/h4-7,9,15H,3,8,10-14H2,1-2H3,(H2,20,21,22,23). The summed E-state index contributed by atoms with van der Waals surface area (Å²) in [5, 5.41) is 6.32. The van der Waals surface area contributed by atoms with Crippen LogP contribution in [-0.4, -0.2) is 66.1 Å². The van der Waals surface area contributed by atoms with Crippen molar-refractivity contribution in [1.82, 2.24) is 19.8 Å². The van der Waals surface area contributed by atoms with E-state index in [-0.39, 0.29) is 0 Å². The smallest absolute Gasteiger partial charge is 0.229 e. The summed E-state index contributed by atoms with van der Waals surface area (Å²) >= 11 is 0. The van der Waals surface area contributed by atoms with Crippen LogP contribution in [0.25, 0.3) is 0 Å². The second-order valence-corrected chi connectivity index (χ2v) is 6.37. The fraction of sp³-hybridized carbons (Fsp3) is 0.474. The van der Waals surface area contributed by atoms with Crippen LogP contribution in [-0.2, 0) is 6.42 Å². The predicted molar refractivity (Wildman–Crippen MR) is 104 cm³/mol. The number of nitrogens with zero attached hydrogens (tertiary/aromatic N) is 4. The third-order valence-corrected chi connectivity index (χ3v) is 4.72. The van der Waals surface area contributed by atoms with E-state index in [1.54, 1.807) is 6.20 Å². The minimum absolute atomic E-state index is 0.611. The van der Waals surface area contributed by atoms with E-state index in [9.17, 15) is 0 Å². The second kappa shape index (κ2) is 8.78. The Morgan fingerprint density at radius 3 is 2.64 bits per heavy atom. The lowest BCUT2D eigenvalue weighted by atomic mass is 10.1. The summed E-state index contributed by atoms with van der Waals surface area (Å²) < 4.78 is 0. The molecule has 0 amide bonds. The number of nitrogens with one attached hydrogen (secondary N) is 2. The van der Waals surface area contributed by atoms with E-state index in [4.69, 9.17) is 0 Å². The van der Waals surface area contributed by atoms with Crippen LogP contribution in [0.4, 0.5) is 17.5 Å². The Kier molecular flexibility index (Phi) is 6.19. The first-order chi connectivity index (χ1) is 12.3. The molecule has 0 bridgehead atoms. The Bertz CT molecular complexity index is 666. The van der Waals surface area contributed by atoms with Crippen molar-refractivity contribution in [3.8, 4) is 0 Å². The molecule has 0 spiro atoms. The van der Waals surface area contributed by atoms with Crippen LogP contribution < -0.4 is 10.6 Å². The Balaban J connectivity index is 1.54. The van der Waals surface area contributed by atoms with Gasteiger partial charge in [0.15, 0.2) is 0 Å². The highest BCUT2D eigenvalue weighted by atomic mass is 15.3. The van der Waals surface area contributed by atoms with Crippen LogP contribution in [0.15, 0.2) is 36.5 Å². The highest BCUT2D eigenvalue weighted by Gasteiger charge is 2.14. The van der Waals surface area contributed by atoms with Crippen LogP contribution >= 0.6 is 0 Å². The molecule has 1 aromatic heterocycles. The van der Waals surface area contributed by atoms with Crippen molar-refractivity contribution in [1.29, 1.82) is 0 Å². The van der Waals surface area contributed by atoms with Crippen LogP contribution in [0, 0.1) is 0 Å². The summed E-state index contributed by atoms with van der Waals surface area (Å²) in [4.78, 5) is 13.8. The second-order valence-electron chi connectivity index (χ2n) is 6.37. The van der Waals surface area contributed by atoms with Crippen LogP contribution in [0.2, 0.25) is 0 Å². The van der Waals surface area contributed by atoms with E-state index in [0.29, 0.717) is 5.95 Å². The van der Waals surface area contributed by atoms with Gasteiger partial charge in [-0.15, -0.1) is 0 Å². The van der Waals surface area contributed by atoms with Gasteiger partial charge in [0.1, 0.15) is 5.82 Å². The van der Waals surface area contributed by atoms with E-state index < -0.39 is 0 Å². The molecule has 2 aromatic rings. The molecule has 1 saturated heterocycles. The van der Waals surface area contributed by atoms with E-state index >= 15 is 0 Å². The lowest BCUT2D eigenvalue weighted by molar-refractivity contribution is 0.138. The number of rotatable bonds is 7. The third-order valence-electron chi connectivity index (χ3n) is 4.72. The molecule has 0 saturated carbocycles. The lowest BCUT2D eigenvalue weighted by Crippen LogP contribution is -2.46. The molecule has 0 atom stereocenters. The van der Waals surface area contributed by atoms with Gasteiger partial charge in [-0.3, -0.25) is 0 Å². The van der Waals surface area contributed by atoms with Crippen molar-refractivity contribution in [3.05, 3.63) is 42.1 Å². The molecule has 1 aliphatic rings. The maximum atomic E-state index is 4.40. The molecule has 0 radical (unpaired) electrons. The van der Waals surface area contributed by atoms with Gasteiger partial charge in [0.25, 0.3) is 0 Å². The quantitative estimate of drug-likeness (QED) is 0.807. The maximum absolute atomic E-state index is 4.40. The van der Waals surface area contributed by atoms with Crippen LogP contribution in [0.5, 0.6) is 0 Å². The molecule has 0 aliphatic carbocycles. The van der Waals surface area contributed by atoms with E-state index in [2.05, 4.69) is 61.6 Å². The first kappa shape index (κ1) is 17.6. The fourth-order valence-corrected chi connectivity index (χ4v) is 3.11. The monoisotopic (exact) mass is 340 g/mol. The Hall–Kier alpha value is -2.18. The van der Waals surface area contributed by atoms with Crippen molar-refractivity contribution in [2.45, 2.75) is 13.3 Å². The van der Waals surface area contributed by atoms with Gasteiger partial charge in [-0.2, -0.15) is 4.98 Å². The van der Waals surface area contributed by atoms with Crippen LogP contribution in [0.1, 0.15) is 12.5 Å². The molecule has 1 aromatic carbocycles. The average molecular weight is 340 g/mol. The first-order valence-corrected chi connectivity index (χ1v) is 9.08. The minimum Gasteiger partial charge on any atom is -0.373 e. The predicted octanol–water partition coefficient (Wildman–Crippen LogP) is 2.44. The average Bonchev–Trinajstić information content (AvgIpc) is 2.67. The van der Waals surface area contributed by atoms with Gasteiger partial charge in [-0.05, 0) is 36.7 Å². The number of anilines is 3. The van der Waals surface area contributed by atoms with Gasteiger partial charge in [-0.1, -0.05) is 19.1 Å². The first-order valence-electron chi connectivity index (χ1n) is 9.08. The third kappa shape index (κ3) is 5.14. The van der Waals surface area contributed by atoms with Gasteiger partial charge in [0, 0.05) is 51.7 Å². The molecule has 134 valence electrons. The number of aromatic nitrogens is 2. The summed E-state index contributed by atoms with van der Waals surface area (Å²) in [6.45, 7) is 9.26. The van der Waals surface area contributed by atoms with E-state index in [1.807, 2.05) is 13.1 Å². The molecule has 6 heteroatoms. The van der Waals surface area contributed by atoms with Crippen molar-refractivity contribution < 1.29 is 0 Å². The Morgan fingerprint density at radius 2 is 1.88 bits per heavy atom. The number of piperazine rings is 1. The SMILES string of the molecule is CCN1CCN(CCc2cccc(Nc3nccc(NC)n3)c2)CC1. The largest absolute Gasteiger partial charge is 0.373 e. The minimum atomic E-state index is 0.611. The van der Waals surface area contributed by atoms with Crippen molar-refractivity contribution in [2.24, 2.45) is 0 Å². The van der Waals surface area contributed by atoms with Gasteiger partial charge in [0.2, 0.25) is 5.95 Å². The van der Waals surface area contributed by atoms with Crippen LogP contribution in [0.3, 0.4) is 0 Å². The topological polar surface area (TPSA) is 56.3 Å². The zero-order valence-corrected chi connectivity index (χ0v) is 15.2.